The number of hydrogen-bond donors (Lipinski definition) is 2. The lowest BCUT2D eigenvalue weighted by Gasteiger charge is -2.28. The molecule has 4 aromatic rings. The number of aromatic nitrogens is 4. The van der Waals surface area contributed by atoms with Gasteiger partial charge in [-0.05, 0) is 93.7 Å². The van der Waals surface area contributed by atoms with Crippen LogP contribution in [0.4, 0.5) is 0 Å². The largest absolute Gasteiger partial charge is 0.340 e. The van der Waals surface area contributed by atoms with E-state index in [9.17, 15) is 9.59 Å². The molecule has 2 amide bonds. The Morgan fingerprint density at radius 3 is 2.04 bits per heavy atom. The molecule has 1 aliphatic carbocycles. The van der Waals surface area contributed by atoms with Gasteiger partial charge in [0, 0.05) is 18.0 Å². The highest BCUT2D eigenvalue weighted by atomic mass is 31.1. The molecule has 240 valence electrons. The van der Waals surface area contributed by atoms with Crippen LogP contribution in [-0.2, 0) is 22.4 Å². The second-order valence-corrected chi connectivity index (χ2v) is 16.5. The van der Waals surface area contributed by atoms with Gasteiger partial charge in [-0.3, -0.25) is 9.59 Å². The zero-order valence-corrected chi connectivity index (χ0v) is 28.6. The van der Waals surface area contributed by atoms with Crippen molar-refractivity contribution in [3.8, 4) is 0 Å². The fraction of sp³-hybridized carbons (Fsp3) is 0.486. The van der Waals surface area contributed by atoms with E-state index in [1.54, 1.807) is 0 Å². The molecular formula is C37H46N6O2P+. The van der Waals surface area contributed by atoms with E-state index in [4.69, 9.17) is 9.97 Å². The monoisotopic (exact) mass is 637 g/mol. The molecule has 3 fully saturated rings. The van der Waals surface area contributed by atoms with Crippen molar-refractivity contribution in [2.24, 2.45) is 11.8 Å². The van der Waals surface area contributed by atoms with Gasteiger partial charge in [0.1, 0.15) is 11.6 Å². The number of H-pyrrole nitrogens is 2. The smallest absolute Gasteiger partial charge is 0.271 e. The molecular weight excluding hydrogens is 591 g/mol. The van der Waals surface area contributed by atoms with E-state index in [-0.39, 0.29) is 41.5 Å². The molecule has 0 spiro atoms. The Labute approximate surface area is 272 Å². The number of benzene rings is 2. The van der Waals surface area contributed by atoms with Crippen molar-refractivity contribution in [2.75, 3.05) is 6.66 Å². The summed E-state index contributed by atoms with van der Waals surface area (Å²) in [6.45, 7) is 10.2. The first-order valence-corrected chi connectivity index (χ1v) is 18.9. The topological polar surface area (TPSA) is 98.0 Å². The summed E-state index contributed by atoms with van der Waals surface area (Å²) in [5.74, 6) is 2.89. The van der Waals surface area contributed by atoms with Crippen LogP contribution in [0.3, 0.4) is 0 Å². The number of carbonyl (C=O) groups excluding carboxylic acids is 2. The van der Waals surface area contributed by atoms with Gasteiger partial charge in [0.25, 0.3) is 5.91 Å². The zero-order chi connectivity index (χ0) is 32.3. The summed E-state index contributed by atoms with van der Waals surface area (Å²) in [4.78, 5) is 47.4. The maximum atomic E-state index is 13.3. The van der Waals surface area contributed by atoms with Crippen molar-refractivity contribution in [1.82, 2.24) is 29.7 Å². The minimum absolute atomic E-state index is 0.00400. The molecule has 46 heavy (non-hydrogen) atoms. The second kappa shape index (κ2) is 12.1. The molecule has 0 bridgehead atoms. The fourth-order valence-corrected chi connectivity index (χ4v) is 8.02. The van der Waals surface area contributed by atoms with Crippen LogP contribution < -0.4 is 0 Å². The van der Waals surface area contributed by atoms with Gasteiger partial charge in [-0.2, -0.15) is 0 Å². The van der Waals surface area contributed by atoms with Crippen molar-refractivity contribution in [3.63, 3.8) is 0 Å². The van der Waals surface area contributed by atoms with Gasteiger partial charge in [-0.25, -0.2) is 9.97 Å². The maximum absolute atomic E-state index is 13.3. The van der Waals surface area contributed by atoms with Crippen molar-refractivity contribution in [3.05, 3.63) is 71.3 Å². The number of hydrogen-bond acceptors (Lipinski definition) is 4. The molecule has 7 rings (SSSR count). The number of aromatic amines is 2. The molecule has 1 saturated carbocycles. The third-order valence-electron chi connectivity index (χ3n) is 10.4. The highest BCUT2D eigenvalue weighted by Gasteiger charge is 2.55. The molecule has 9 heteroatoms. The summed E-state index contributed by atoms with van der Waals surface area (Å²) in [6.07, 6.45) is 14.3. The average molecular weight is 638 g/mol. The standard InChI is InChI=1S/C37H46N6O2P/c1-21(2)36(44)43-32-19-26(32)20-33(43)35-39-28-15-13-25(18-30(28)41-35)10-8-7-9-24-12-14-27-29(17-24)40-34(38-27)31-16-11-22(3)42(31)37(45)23(4)46(5)6/h7-8,12-15,17-18,21-23,26,31-33H,5,9-11,16,19-20H2,1-4,6H3,(H,38,40)(H,39,41)/q+1/b8-7+. The average Bonchev–Trinajstić information content (AvgIpc) is 3.41. The number of fused-ring (bicyclic) bond motifs is 3. The molecule has 0 radical (unpaired) electrons. The number of piperidine rings is 1. The van der Waals surface area contributed by atoms with Crippen LogP contribution in [0.1, 0.15) is 88.2 Å². The Kier molecular flexibility index (Phi) is 8.12. The number of imidazole rings is 2. The minimum Gasteiger partial charge on any atom is -0.340 e. The first-order chi connectivity index (χ1) is 22.1. The fourth-order valence-electron chi connectivity index (χ4n) is 7.51. The second-order valence-electron chi connectivity index (χ2n) is 14.2. The van der Waals surface area contributed by atoms with Crippen LogP contribution in [0, 0.1) is 11.8 Å². The molecule has 7 atom stereocenters. The van der Waals surface area contributed by atoms with Gasteiger partial charge in [-0.1, -0.05) is 38.1 Å². The van der Waals surface area contributed by atoms with E-state index >= 15 is 0 Å². The predicted molar refractivity (Wildman–Crippen MR) is 187 cm³/mol. The summed E-state index contributed by atoms with van der Waals surface area (Å²) in [5.41, 5.74) is 6.35. The third kappa shape index (κ3) is 5.70. The van der Waals surface area contributed by atoms with E-state index in [0.29, 0.717) is 12.0 Å². The number of nitrogens with zero attached hydrogens (tertiary/aromatic N) is 4. The van der Waals surface area contributed by atoms with E-state index in [1.807, 2.05) is 20.8 Å². The Hall–Kier alpha value is -3.77. The van der Waals surface area contributed by atoms with E-state index in [0.717, 1.165) is 72.2 Å². The minimum atomic E-state index is -0.580. The SMILES string of the molecule is C=[P+](C)C(C)C(=O)N1C(C)CCC1c1nc2ccc(C/C=C/Cc3ccc4nc(C5CC6CC6N5C(=O)C(C)C)[nH]c4c3)cc2[nH]1. The van der Waals surface area contributed by atoms with Crippen LogP contribution in [0.25, 0.3) is 22.1 Å². The van der Waals surface area contributed by atoms with Crippen molar-refractivity contribution >= 4 is 47.7 Å². The molecule has 2 aromatic carbocycles. The van der Waals surface area contributed by atoms with Gasteiger partial charge < -0.3 is 19.8 Å². The summed E-state index contributed by atoms with van der Waals surface area (Å²) < 4.78 is 0. The number of rotatable bonds is 9. The number of nitrogens with one attached hydrogen (secondary N) is 2. The normalized spacial score (nSPS) is 25.3. The summed E-state index contributed by atoms with van der Waals surface area (Å²) in [5, 5.41) is 0. The lowest BCUT2D eigenvalue weighted by Crippen LogP contribution is -2.40. The van der Waals surface area contributed by atoms with Crippen molar-refractivity contribution < 1.29 is 9.59 Å². The van der Waals surface area contributed by atoms with Gasteiger partial charge in [0.05, 0.1) is 54.7 Å². The summed E-state index contributed by atoms with van der Waals surface area (Å²) >= 11 is 0. The lowest BCUT2D eigenvalue weighted by molar-refractivity contribution is -0.136. The van der Waals surface area contributed by atoms with Crippen LogP contribution in [0.5, 0.6) is 0 Å². The van der Waals surface area contributed by atoms with Crippen molar-refractivity contribution in [1.29, 1.82) is 0 Å². The Bertz CT molecular complexity index is 1850. The first-order valence-electron chi connectivity index (χ1n) is 16.9. The van der Waals surface area contributed by atoms with Gasteiger partial charge in [0.2, 0.25) is 5.91 Å². The van der Waals surface area contributed by atoms with Gasteiger partial charge in [0.15, 0.2) is 5.66 Å². The highest BCUT2D eigenvalue weighted by molar-refractivity contribution is 7.56. The summed E-state index contributed by atoms with van der Waals surface area (Å²) in [6, 6.07) is 13.5. The number of likely N-dealkylation sites (tertiary alicyclic amines) is 2. The molecule has 4 heterocycles. The van der Waals surface area contributed by atoms with E-state index in [2.05, 4.69) is 88.2 Å². The maximum Gasteiger partial charge on any atom is 0.271 e. The van der Waals surface area contributed by atoms with Crippen LogP contribution in [0.15, 0.2) is 48.6 Å². The molecule has 2 saturated heterocycles. The van der Waals surface area contributed by atoms with Crippen LogP contribution in [0.2, 0.25) is 0 Å². The predicted octanol–water partition coefficient (Wildman–Crippen LogP) is 7.08. The Balaban J connectivity index is 1.00. The van der Waals surface area contributed by atoms with E-state index in [1.165, 1.54) is 11.1 Å². The third-order valence-corrected chi connectivity index (χ3v) is 12.0. The van der Waals surface area contributed by atoms with Gasteiger partial charge >= 0.3 is 0 Å². The molecule has 3 aliphatic rings. The number of allylic oxidation sites excluding steroid dienone is 2. The Morgan fingerprint density at radius 1 is 0.891 bits per heavy atom. The highest BCUT2D eigenvalue weighted by Crippen LogP contribution is 2.53. The van der Waals surface area contributed by atoms with Crippen molar-refractivity contribution in [2.45, 2.75) is 96.0 Å². The molecule has 2 aromatic heterocycles. The number of amides is 2. The van der Waals surface area contributed by atoms with Crippen LogP contribution >= 0.6 is 7.55 Å². The Morgan fingerprint density at radius 2 is 1.48 bits per heavy atom. The lowest BCUT2D eigenvalue weighted by atomic mass is 10.1. The molecule has 2 aliphatic heterocycles. The van der Waals surface area contributed by atoms with E-state index < -0.39 is 7.55 Å². The molecule has 8 nitrogen and oxygen atoms in total. The first kappa shape index (κ1) is 30.9. The summed E-state index contributed by atoms with van der Waals surface area (Å²) in [7, 11) is -0.580. The quantitative estimate of drug-likeness (QED) is 0.151. The number of carbonyl (C=O) groups is 2. The molecule has 7 unspecified atom stereocenters. The molecule has 2 N–H and O–H groups in total. The van der Waals surface area contributed by atoms with Crippen LogP contribution in [-0.4, -0.2) is 72.3 Å². The van der Waals surface area contributed by atoms with Gasteiger partial charge in [-0.15, -0.1) is 0 Å². The zero-order valence-electron chi connectivity index (χ0n) is 27.7.